The molecule has 62 valence electrons. The molecule has 0 radical (unpaired) electrons. The molecule has 3 nitrogen and oxygen atoms in total. The van der Waals surface area contributed by atoms with Crippen LogP contribution in [0.4, 0.5) is 8.78 Å². The molecule has 0 aliphatic heterocycles. The molecule has 0 spiro atoms. The minimum Gasteiger partial charge on any atom is -0.324 e. The van der Waals surface area contributed by atoms with Gasteiger partial charge in [-0.3, -0.25) is 4.57 Å². The molecule has 0 bridgehead atoms. The Kier molecular flexibility index (Phi) is 2.95. The average Bonchev–Trinajstić information content (AvgIpc) is 1.60. The van der Waals surface area contributed by atoms with E-state index in [0.717, 1.165) is 0 Å². The normalized spacial score (nSPS) is 13.7. The summed E-state index contributed by atoms with van der Waals surface area (Å²) in [6.07, 6.45) is -1.89. The number of alkyl halides is 2. The predicted molar refractivity (Wildman–Crippen MR) is 32.1 cm³/mol. The van der Waals surface area contributed by atoms with E-state index in [1.165, 1.54) is 6.92 Å². The molecule has 0 amide bonds. The van der Waals surface area contributed by atoms with E-state index in [0.29, 0.717) is 0 Å². The Labute approximate surface area is 57.2 Å². The lowest BCUT2D eigenvalue weighted by molar-refractivity contribution is 0.0173. The molecular formula is C4H9F2O3P. The summed E-state index contributed by atoms with van der Waals surface area (Å²) in [5.74, 6) is -3.24. The maximum absolute atomic E-state index is 12.2. The third-order valence-corrected chi connectivity index (χ3v) is 1.83. The minimum atomic E-state index is -4.55. The van der Waals surface area contributed by atoms with E-state index in [4.69, 9.17) is 9.79 Å². The molecule has 0 atom stereocenters. The van der Waals surface area contributed by atoms with Gasteiger partial charge in [0.05, 0.1) is 0 Å². The van der Waals surface area contributed by atoms with Crippen LogP contribution in [0.2, 0.25) is 0 Å². The summed E-state index contributed by atoms with van der Waals surface area (Å²) in [5.41, 5.74) is 0. The lowest BCUT2D eigenvalue weighted by Crippen LogP contribution is -2.19. The zero-order valence-corrected chi connectivity index (χ0v) is 6.31. The Morgan fingerprint density at radius 1 is 1.50 bits per heavy atom. The monoisotopic (exact) mass is 174 g/mol. The van der Waals surface area contributed by atoms with Gasteiger partial charge in [0.2, 0.25) is 0 Å². The maximum Gasteiger partial charge on any atom is 0.331 e. The van der Waals surface area contributed by atoms with Crippen molar-refractivity contribution in [3.63, 3.8) is 0 Å². The van der Waals surface area contributed by atoms with Crippen LogP contribution >= 0.6 is 7.60 Å². The number of hydrogen-bond acceptors (Lipinski definition) is 1. The van der Waals surface area contributed by atoms with E-state index in [2.05, 4.69) is 0 Å². The summed E-state index contributed by atoms with van der Waals surface area (Å²) in [4.78, 5) is 16.2. The highest BCUT2D eigenvalue weighted by Gasteiger charge is 2.35. The molecule has 0 fully saturated rings. The molecule has 0 aliphatic carbocycles. The Morgan fingerprint density at radius 3 is 2.00 bits per heavy atom. The fraction of sp³-hybridized carbons (Fsp3) is 1.00. The lowest BCUT2D eigenvalue weighted by atomic mass is 10.3. The Morgan fingerprint density at radius 2 is 1.90 bits per heavy atom. The molecule has 0 saturated heterocycles. The van der Waals surface area contributed by atoms with Crippen LogP contribution < -0.4 is 0 Å². The molecule has 0 aromatic rings. The van der Waals surface area contributed by atoms with Crippen molar-refractivity contribution in [1.82, 2.24) is 0 Å². The molecule has 2 N–H and O–H groups in total. The highest BCUT2D eigenvalue weighted by molar-refractivity contribution is 7.51. The zero-order valence-electron chi connectivity index (χ0n) is 5.42. The zero-order chi connectivity index (χ0) is 8.41. The summed E-state index contributed by atoms with van der Waals surface area (Å²) in [6, 6.07) is 0. The van der Waals surface area contributed by atoms with E-state index in [1.807, 2.05) is 0 Å². The van der Waals surface area contributed by atoms with Crippen molar-refractivity contribution in [2.24, 2.45) is 0 Å². The quantitative estimate of drug-likeness (QED) is 0.632. The maximum atomic E-state index is 12.2. The van der Waals surface area contributed by atoms with Gasteiger partial charge in [-0.25, -0.2) is 8.78 Å². The smallest absolute Gasteiger partial charge is 0.324 e. The van der Waals surface area contributed by atoms with Crippen molar-refractivity contribution >= 4 is 7.60 Å². The molecule has 0 aromatic carbocycles. The van der Waals surface area contributed by atoms with Gasteiger partial charge < -0.3 is 9.79 Å². The van der Waals surface area contributed by atoms with Crippen molar-refractivity contribution in [1.29, 1.82) is 0 Å². The largest absolute Gasteiger partial charge is 0.331 e. The highest BCUT2D eigenvalue weighted by atomic mass is 31.2. The van der Waals surface area contributed by atoms with Crippen molar-refractivity contribution in [2.45, 2.75) is 19.3 Å². The molecule has 0 rings (SSSR count). The first-order valence-electron chi connectivity index (χ1n) is 2.69. The molecule has 0 aliphatic rings. The van der Waals surface area contributed by atoms with Gasteiger partial charge in [0.25, 0.3) is 5.92 Å². The van der Waals surface area contributed by atoms with Crippen LogP contribution in [0.15, 0.2) is 0 Å². The average molecular weight is 174 g/mol. The van der Waals surface area contributed by atoms with Gasteiger partial charge in [0, 0.05) is 6.42 Å². The second-order valence-electron chi connectivity index (χ2n) is 2.03. The predicted octanol–water partition coefficient (Wildman–Crippen LogP) is 1.21. The summed E-state index contributed by atoms with van der Waals surface area (Å²) in [5, 5.41) is 0. The van der Waals surface area contributed by atoms with Gasteiger partial charge in [-0.2, -0.15) is 0 Å². The van der Waals surface area contributed by atoms with E-state index >= 15 is 0 Å². The van der Waals surface area contributed by atoms with Crippen LogP contribution in [0, 0.1) is 0 Å². The first-order chi connectivity index (χ1) is 4.27. The van der Waals surface area contributed by atoms with Gasteiger partial charge in [-0.1, -0.05) is 6.92 Å². The Bertz CT molecular complexity index is 153. The molecule has 0 saturated carbocycles. The van der Waals surface area contributed by atoms with Crippen LogP contribution in [0.1, 0.15) is 13.3 Å². The van der Waals surface area contributed by atoms with Crippen molar-refractivity contribution < 1.29 is 23.1 Å². The van der Waals surface area contributed by atoms with E-state index in [-0.39, 0.29) is 0 Å². The summed E-state index contributed by atoms with van der Waals surface area (Å²) < 4.78 is 34.3. The fourth-order valence-electron chi connectivity index (χ4n) is 0.413. The summed E-state index contributed by atoms with van der Waals surface area (Å²) in [7, 11) is -4.55. The molecule has 0 unspecified atom stereocenters. The third-order valence-electron chi connectivity index (χ3n) is 0.955. The van der Waals surface area contributed by atoms with Gasteiger partial charge in [-0.05, 0) is 0 Å². The van der Waals surface area contributed by atoms with Gasteiger partial charge in [0.15, 0.2) is 0 Å². The molecule has 10 heavy (non-hydrogen) atoms. The highest BCUT2D eigenvalue weighted by Crippen LogP contribution is 2.41. The number of halogens is 2. The molecular weight excluding hydrogens is 165 g/mol. The standard InChI is InChI=1S/C4H9F2O3P/c1-2-4(5,6)3-10(7,8)9/h2-3H2,1H3,(H2,7,8,9). The van der Waals surface area contributed by atoms with Crippen molar-refractivity contribution in [3.05, 3.63) is 0 Å². The van der Waals surface area contributed by atoms with Gasteiger partial charge >= 0.3 is 7.60 Å². The number of rotatable bonds is 3. The second-order valence-corrected chi connectivity index (χ2v) is 3.68. The van der Waals surface area contributed by atoms with Crippen molar-refractivity contribution in [2.75, 3.05) is 6.16 Å². The van der Waals surface area contributed by atoms with Crippen molar-refractivity contribution in [3.8, 4) is 0 Å². The van der Waals surface area contributed by atoms with Crippen LogP contribution in [0.25, 0.3) is 0 Å². The van der Waals surface area contributed by atoms with Crippen LogP contribution in [0.3, 0.4) is 0 Å². The Hall–Kier alpha value is 0.01000. The Balaban J connectivity index is 4.02. The van der Waals surface area contributed by atoms with Gasteiger partial charge in [-0.15, -0.1) is 0 Å². The fourth-order valence-corrected chi connectivity index (χ4v) is 1.24. The third kappa shape index (κ3) is 4.85. The molecule has 0 aromatic heterocycles. The SMILES string of the molecule is CCC(F)(F)CP(=O)(O)O. The van der Waals surface area contributed by atoms with Crippen LogP contribution in [-0.4, -0.2) is 21.9 Å². The summed E-state index contributed by atoms with van der Waals surface area (Å²) in [6.45, 7) is 1.18. The van der Waals surface area contributed by atoms with Crippen LogP contribution in [0.5, 0.6) is 0 Å². The van der Waals surface area contributed by atoms with E-state index < -0.39 is 26.1 Å². The minimum absolute atomic E-state index is 0.544. The lowest BCUT2D eigenvalue weighted by Gasteiger charge is -2.13. The van der Waals surface area contributed by atoms with Crippen LogP contribution in [-0.2, 0) is 4.57 Å². The van der Waals surface area contributed by atoms with E-state index in [1.54, 1.807) is 0 Å². The molecule has 6 heteroatoms. The molecule has 0 heterocycles. The van der Waals surface area contributed by atoms with E-state index in [9.17, 15) is 13.3 Å². The first kappa shape index (κ1) is 10.0. The first-order valence-corrected chi connectivity index (χ1v) is 4.49. The number of hydrogen-bond donors (Lipinski definition) is 2. The summed E-state index contributed by atoms with van der Waals surface area (Å²) >= 11 is 0. The van der Waals surface area contributed by atoms with Gasteiger partial charge in [0.1, 0.15) is 6.16 Å². The topological polar surface area (TPSA) is 57.5 Å². The second kappa shape index (κ2) is 2.95.